The maximum absolute atomic E-state index is 12.4. The van der Waals surface area contributed by atoms with E-state index in [0.717, 1.165) is 11.1 Å². The molecule has 2 aromatic rings. The van der Waals surface area contributed by atoms with Gasteiger partial charge in [-0.25, -0.2) is 4.98 Å². The van der Waals surface area contributed by atoms with Crippen LogP contribution in [0.2, 0.25) is 5.02 Å². The molecule has 108 valence electrons. The van der Waals surface area contributed by atoms with Crippen molar-refractivity contribution >= 4 is 17.5 Å². The summed E-state index contributed by atoms with van der Waals surface area (Å²) in [7, 11) is 0. The Morgan fingerprint density at radius 1 is 1.38 bits per heavy atom. The van der Waals surface area contributed by atoms with Crippen molar-refractivity contribution in [3.8, 4) is 5.88 Å². The first-order valence-electron chi connectivity index (χ1n) is 6.78. The van der Waals surface area contributed by atoms with E-state index in [-0.39, 0.29) is 17.9 Å². The number of hydrogen-bond donors (Lipinski definition) is 1. The second-order valence-corrected chi connectivity index (χ2v) is 5.48. The van der Waals surface area contributed by atoms with Crippen LogP contribution in [-0.4, -0.2) is 17.5 Å². The highest BCUT2D eigenvalue weighted by atomic mass is 35.5. The monoisotopic (exact) mass is 302 g/mol. The summed E-state index contributed by atoms with van der Waals surface area (Å²) in [5.41, 5.74) is 1.86. The van der Waals surface area contributed by atoms with Gasteiger partial charge in [-0.2, -0.15) is 0 Å². The molecule has 0 unspecified atom stereocenters. The summed E-state index contributed by atoms with van der Waals surface area (Å²) in [5.74, 6) is 0.313. The molecule has 1 aliphatic heterocycles. The Labute approximate surface area is 128 Å². The third-order valence-corrected chi connectivity index (χ3v) is 3.89. The van der Waals surface area contributed by atoms with E-state index >= 15 is 0 Å². The van der Waals surface area contributed by atoms with Crippen molar-refractivity contribution < 1.29 is 9.53 Å². The third kappa shape index (κ3) is 2.85. The SMILES string of the molecule is C[C@H](C(=O)N[C@@H]1COc2ncccc21)c1ccc(Cl)cc1. The van der Waals surface area contributed by atoms with Gasteiger partial charge >= 0.3 is 0 Å². The number of nitrogens with one attached hydrogen (secondary N) is 1. The predicted octanol–water partition coefficient (Wildman–Crippen LogP) is 3.09. The summed E-state index contributed by atoms with van der Waals surface area (Å²) in [6.45, 7) is 2.30. The van der Waals surface area contributed by atoms with Crippen LogP contribution in [0.3, 0.4) is 0 Å². The van der Waals surface area contributed by atoms with Crippen LogP contribution in [0.25, 0.3) is 0 Å². The molecule has 0 spiro atoms. The molecule has 21 heavy (non-hydrogen) atoms. The minimum atomic E-state index is -0.247. The number of aromatic nitrogens is 1. The van der Waals surface area contributed by atoms with Gasteiger partial charge in [-0.3, -0.25) is 4.79 Å². The van der Waals surface area contributed by atoms with E-state index < -0.39 is 0 Å². The van der Waals surface area contributed by atoms with Crippen LogP contribution in [0.1, 0.15) is 30.0 Å². The molecule has 0 aliphatic carbocycles. The van der Waals surface area contributed by atoms with Crippen LogP contribution in [-0.2, 0) is 4.79 Å². The van der Waals surface area contributed by atoms with Gasteiger partial charge in [0.1, 0.15) is 6.61 Å². The van der Waals surface area contributed by atoms with E-state index in [1.54, 1.807) is 18.3 Å². The number of pyridine rings is 1. The van der Waals surface area contributed by atoms with Crippen LogP contribution in [0.15, 0.2) is 42.6 Å². The molecule has 0 radical (unpaired) electrons. The lowest BCUT2D eigenvalue weighted by Gasteiger charge is -2.16. The summed E-state index contributed by atoms with van der Waals surface area (Å²) >= 11 is 5.87. The molecule has 0 saturated heterocycles. The number of benzene rings is 1. The van der Waals surface area contributed by atoms with Gasteiger partial charge in [-0.05, 0) is 36.8 Å². The highest BCUT2D eigenvalue weighted by Crippen LogP contribution is 2.30. The van der Waals surface area contributed by atoms with Gasteiger partial charge in [-0.15, -0.1) is 0 Å². The van der Waals surface area contributed by atoms with Gasteiger partial charge in [0.25, 0.3) is 0 Å². The third-order valence-electron chi connectivity index (χ3n) is 3.64. The average molecular weight is 303 g/mol. The molecule has 1 aromatic heterocycles. The Balaban J connectivity index is 1.71. The molecule has 2 heterocycles. The van der Waals surface area contributed by atoms with E-state index in [2.05, 4.69) is 10.3 Å². The van der Waals surface area contributed by atoms with Crippen LogP contribution < -0.4 is 10.1 Å². The number of fused-ring (bicyclic) bond motifs is 1. The molecule has 1 amide bonds. The van der Waals surface area contributed by atoms with E-state index in [1.807, 2.05) is 31.2 Å². The molecular weight excluding hydrogens is 288 g/mol. The fourth-order valence-electron chi connectivity index (χ4n) is 2.36. The molecule has 1 N–H and O–H groups in total. The van der Waals surface area contributed by atoms with Gasteiger partial charge in [-0.1, -0.05) is 23.7 Å². The Morgan fingerprint density at radius 3 is 2.90 bits per heavy atom. The minimum Gasteiger partial charge on any atom is -0.475 e. The van der Waals surface area contributed by atoms with Crippen molar-refractivity contribution in [2.45, 2.75) is 18.9 Å². The van der Waals surface area contributed by atoms with E-state index in [4.69, 9.17) is 16.3 Å². The number of carbonyl (C=O) groups excluding carboxylic acids is 1. The summed E-state index contributed by atoms with van der Waals surface area (Å²) in [6, 6.07) is 10.9. The molecule has 3 rings (SSSR count). The van der Waals surface area contributed by atoms with Gasteiger partial charge in [0.05, 0.1) is 12.0 Å². The van der Waals surface area contributed by atoms with Gasteiger partial charge in [0, 0.05) is 16.8 Å². The van der Waals surface area contributed by atoms with Crippen molar-refractivity contribution in [2.24, 2.45) is 0 Å². The standard InChI is InChI=1S/C16H15ClN2O2/c1-10(11-4-6-12(17)7-5-11)15(20)19-14-9-21-16-13(14)3-2-8-18-16/h2-8,10,14H,9H2,1H3,(H,19,20)/t10-,14+/m0/s1. The van der Waals surface area contributed by atoms with Crippen molar-refractivity contribution in [1.29, 1.82) is 0 Å². The minimum absolute atomic E-state index is 0.0392. The maximum atomic E-state index is 12.4. The lowest BCUT2D eigenvalue weighted by Crippen LogP contribution is -2.32. The zero-order valence-electron chi connectivity index (χ0n) is 11.5. The molecule has 1 aliphatic rings. The van der Waals surface area contributed by atoms with Crippen molar-refractivity contribution in [3.05, 3.63) is 58.7 Å². The molecule has 5 heteroatoms. The molecule has 0 bridgehead atoms. The summed E-state index contributed by atoms with van der Waals surface area (Å²) in [6.07, 6.45) is 1.68. The molecule has 2 atom stereocenters. The van der Waals surface area contributed by atoms with Gasteiger partial charge in [0.2, 0.25) is 11.8 Å². The highest BCUT2D eigenvalue weighted by molar-refractivity contribution is 6.30. The molecule has 0 fully saturated rings. The van der Waals surface area contributed by atoms with E-state index in [9.17, 15) is 4.79 Å². The Bertz CT molecular complexity index is 658. The quantitative estimate of drug-likeness (QED) is 0.948. The second-order valence-electron chi connectivity index (χ2n) is 5.04. The van der Waals surface area contributed by atoms with Crippen molar-refractivity contribution in [3.63, 3.8) is 0 Å². The molecule has 0 saturated carbocycles. The number of halogens is 1. The lowest BCUT2D eigenvalue weighted by molar-refractivity contribution is -0.123. The second kappa shape index (κ2) is 5.74. The van der Waals surface area contributed by atoms with Crippen LogP contribution >= 0.6 is 11.6 Å². The van der Waals surface area contributed by atoms with E-state index in [1.165, 1.54) is 0 Å². The van der Waals surface area contributed by atoms with Crippen molar-refractivity contribution in [2.75, 3.05) is 6.61 Å². The summed E-state index contributed by atoms with van der Waals surface area (Å²) < 4.78 is 5.47. The number of rotatable bonds is 3. The van der Waals surface area contributed by atoms with Gasteiger partial charge < -0.3 is 10.1 Å². The number of nitrogens with zero attached hydrogens (tertiary/aromatic N) is 1. The Kier molecular flexibility index (Phi) is 3.80. The van der Waals surface area contributed by atoms with E-state index in [0.29, 0.717) is 17.5 Å². The first-order valence-corrected chi connectivity index (χ1v) is 7.16. The number of carbonyl (C=O) groups is 1. The smallest absolute Gasteiger partial charge is 0.227 e. The highest BCUT2D eigenvalue weighted by Gasteiger charge is 2.28. The number of amides is 1. The molecule has 4 nitrogen and oxygen atoms in total. The fraction of sp³-hybridized carbons (Fsp3) is 0.250. The van der Waals surface area contributed by atoms with Crippen LogP contribution in [0.5, 0.6) is 5.88 Å². The van der Waals surface area contributed by atoms with Crippen molar-refractivity contribution in [1.82, 2.24) is 10.3 Å². The summed E-state index contributed by atoms with van der Waals surface area (Å²) in [5, 5.41) is 3.67. The Morgan fingerprint density at radius 2 is 2.14 bits per heavy atom. The fourth-order valence-corrected chi connectivity index (χ4v) is 2.49. The van der Waals surface area contributed by atoms with Gasteiger partial charge in [0.15, 0.2) is 0 Å². The first kappa shape index (κ1) is 13.9. The average Bonchev–Trinajstić information content (AvgIpc) is 2.91. The molecule has 1 aromatic carbocycles. The van der Waals surface area contributed by atoms with Crippen LogP contribution in [0.4, 0.5) is 0 Å². The summed E-state index contributed by atoms with van der Waals surface area (Å²) in [4.78, 5) is 16.5. The largest absolute Gasteiger partial charge is 0.475 e. The number of hydrogen-bond acceptors (Lipinski definition) is 3. The molecular formula is C16H15ClN2O2. The number of ether oxygens (including phenoxy) is 1. The zero-order valence-corrected chi connectivity index (χ0v) is 12.3. The first-order chi connectivity index (χ1) is 10.1. The maximum Gasteiger partial charge on any atom is 0.227 e. The van der Waals surface area contributed by atoms with Crippen LogP contribution in [0, 0.1) is 0 Å². The Hall–Kier alpha value is -2.07. The predicted molar refractivity (Wildman–Crippen MR) is 80.5 cm³/mol. The lowest BCUT2D eigenvalue weighted by atomic mass is 9.99. The zero-order chi connectivity index (χ0) is 14.8. The normalized spacial score (nSPS) is 17.7. The topological polar surface area (TPSA) is 51.2 Å².